The average molecular weight is 321 g/mol. The quantitative estimate of drug-likeness (QED) is 0.264. The summed E-state index contributed by atoms with van der Waals surface area (Å²) in [7, 11) is -2.43. The highest BCUT2D eigenvalue weighted by Crippen LogP contribution is 2.20. The first-order chi connectivity index (χ1) is 10.3. The Kier molecular flexibility index (Phi) is 10.5. The minimum Gasteiger partial charge on any atom is -0.379 e. The van der Waals surface area contributed by atoms with Gasteiger partial charge in [-0.2, -0.15) is 0 Å². The number of ether oxygens (including phenoxy) is 2. The predicted octanol–water partition coefficient (Wildman–Crippen LogP) is 3.01. The lowest BCUT2D eigenvalue weighted by atomic mass is 10.2. The fourth-order valence-electron chi connectivity index (χ4n) is 2.28. The maximum absolute atomic E-state index is 5.84. The summed E-state index contributed by atoms with van der Waals surface area (Å²) in [5, 5.41) is 0. The molecule has 126 valence electrons. The van der Waals surface area contributed by atoms with E-state index in [1.54, 1.807) is 0 Å². The van der Waals surface area contributed by atoms with Crippen LogP contribution in [0, 0.1) is 0 Å². The Balaban J connectivity index is 2.06. The van der Waals surface area contributed by atoms with Gasteiger partial charge in [0.05, 0.1) is 13.2 Å². The van der Waals surface area contributed by atoms with Crippen LogP contribution in [0.3, 0.4) is 0 Å². The number of epoxide rings is 1. The first-order valence-corrected chi connectivity index (χ1v) is 10.3. The fraction of sp³-hybridized carbons (Fsp3) is 1.00. The molecule has 1 saturated heterocycles. The molecule has 0 bridgehead atoms. The van der Waals surface area contributed by atoms with E-state index < -0.39 is 8.80 Å². The monoisotopic (exact) mass is 320 g/mol. The van der Waals surface area contributed by atoms with E-state index in [2.05, 4.69) is 0 Å². The van der Waals surface area contributed by atoms with Crippen molar-refractivity contribution >= 4 is 8.80 Å². The van der Waals surface area contributed by atoms with Gasteiger partial charge in [0.1, 0.15) is 6.10 Å². The van der Waals surface area contributed by atoms with Crippen LogP contribution >= 0.6 is 0 Å². The molecule has 0 aromatic rings. The smallest absolute Gasteiger partial charge is 0.379 e. The molecule has 0 spiro atoms. The van der Waals surface area contributed by atoms with Gasteiger partial charge in [-0.05, 0) is 33.6 Å². The molecule has 0 saturated carbocycles. The lowest BCUT2D eigenvalue weighted by Gasteiger charge is -2.28. The van der Waals surface area contributed by atoms with Crippen molar-refractivity contribution in [2.24, 2.45) is 0 Å². The van der Waals surface area contributed by atoms with E-state index in [0.717, 1.165) is 38.7 Å². The van der Waals surface area contributed by atoms with Gasteiger partial charge >= 0.3 is 8.80 Å². The van der Waals surface area contributed by atoms with E-state index >= 15 is 0 Å². The van der Waals surface area contributed by atoms with Crippen LogP contribution in [0.2, 0.25) is 6.04 Å². The van der Waals surface area contributed by atoms with Crippen LogP contribution in [0.5, 0.6) is 0 Å². The molecule has 0 aliphatic carbocycles. The average Bonchev–Trinajstić information content (AvgIpc) is 3.27. The Morgan fingerprint density at radius 3 is 2.00 bits per heavy atom. The predicted molar refractivity (Wildman–Crippen MR) is 84.5 cm³/mol. The van der Waals surface area contributed by atoms with Gasteiger partial charge in [-0.3, -0.25) is 0 Å². The SMILES string of the molecule is CCO[Si](CCCCCCOCC1CO1)(OCC)OCC. The van der Waals surface area contributed by atoms with Gasteiger partial charge in [-0.15, -0.1) is 0 Å². The molecule has 1 heterocycles. The molecule has 21 heavy (non-hydrogen) atoms. The summed E-state index contributed by atoms with van der Waals surface area (Å²) >= 11 is 0. The molecule has 5 nitrogen and oxygen atoms in total. The van der Waals surface area contributed by atoms with E-state index in [1.165, 1.54) is 12.8 Å². The lowest BCUT2D eigenvalue weighted by molar-refractivity contribution is 0.0705. The summed E-state index contributed by atoms with van der Waals surface area (Å²) in [6.07, 6.45) is 4.93. The van der Waals surface area contributed by atoms with Crippen molar-refractivity contribution in [1.82, 2.24) is 0 Å². The van der Waals surface area contributed by atoms with Crippen molar-refractivity contribution in [1.29, 1.82) is 0 Å². The van der Waals surface area contributed by atoms with Gasteiger partial charge in [-0.25, -0.2) is 0 Å². The molecule has 0 N–H and O–H groups in total. The Hall–Kier alpha value is 0.0169. The number of rotatable bonds is 15. The molecular weight excluding hydrogens is 288 g/mol. The summed E-state index contributed by atoms with van der Waals surface area (Å²) in [6.45, 7) is 10.4. The van der Waals surface area contributed by atoms with Crippen LogP contribution in [-0.4, -0.2) is 54.5 Å². The Morgan fingerprint density at radius 1 is 0.905 bits per heavy atom. The first-order valence-electron chi connectivity index (χ1n) is 8.37. The third-order valence-electron chi connectivity index (χ3n) is 3.32. The van der Waals surface area contributed by atoms with Crippen molar-refractivity contribution in [3.63, 3.8) is 0 Å². The maximum atomic E-state index is 5.84. The van der Waals surface area contributed by atoms with Gasteiger partial charge in [0, 0.05) is 32.5 Å². The molecular formula is C15H32O5Si. The molecule has 0 radical (unpaired) electrons. The Bertz CT molecular complexity index is 231. The largest absolute Gasteiger partial charge is 0.500 e. The first kappa shape index (κ1) is 19.1. The van der Waals surface area contributed by atoms with E-state index in [0.29, 0.717) is 25.9 Å². The van der Waals surface area contributed by atoms with Crippen LogP contribution in [-0.2, 0) is 22.8 Å². The number of hydrogen-bond donors (Lipinski definition) is 0. The van der Waals surface area contributed by atoms with Gasteiger partial charge in [0.15, 0.2) is 0 Å². The zero-order chi connectivity index (χ0) is 15.4. The highest BCUT2D eigenvalue weighted by atomic mass is 28.4. The highest BCUT2D eigenvalue weighted by Gasteiger charge is 2.39. The number of hydrogen-bond acceptors (Lipinski definition) is 5. The van der Waals surface area contributed by atoms with Crippen molar-refractivity contribution in [2.75, 3.05) is 39.6 Å². The minimum atomic E-state index is -2.43. The van der Waals surface area contributed by atoms with Gasteiger partial charge in [-0.1, -0.05) is 12.8 Å². The van der Waals surface area contributed by atoms with Crippen LogP contribution in [0.1, 0.15) is 46.5 Å². The van der Waals surface area contributed by atoms with E-state index in [9.17, 15) is 0 Å². The van der Waals surface area contributed by atoms with Crippen LogP contribution in [0.25, 0.3) is 0 Å². The summed E-state index contributed by atoms with van der Waals surface area (Å²) in [6, 6.07) is 0.916. The second kappa shape index (κ2) is 11.6. The minimum absolute atomic E-state index is 0.375. The van der Waals surface area contributed by atoms with Crippen molar-refractivity contribution in [3.05, 3.63) is 0 Å². The Labute approximate surface area is 130 Å². The van der Waals surface area contributed by atoms with Gasteiger partial charge < -0.3 is 22.8 Å². The van der Waals surface area contributed by atoms with Gasteiger partial charge in [0.2, 0.25) is 0 Å². The van der Waals surface area contributed by atoms with E-state index in [1.807, 2.05) is 20.8 Å². The zero-order valence-corrected chi connectivity index (χ0v) is 14.9. The normalized spacial score (nSPS) is 18.1. The van der Waals surface area contributed by atoms with Crippen LogP contribution < -0.4 is 0 Å². The van der Waals surface area contributed by atoms with Crippen molar-refractivity contribution in [3.8, 4) is 0 Å². The summed E-state index contributed by atoms with van der Waals surface area (Å²) < 4.78 is 28.2. The molecule has 0 amide bonds. The molecule has 1 unspecified atom stereocenters. The van der Waals surface area contributed by atoms with Gasteiger partial charge in [0.25, 0.3) is 0 Å². The molecule has 1 atom stereocenters. The highest BCUT2D eigenvalue weighted by molar-refractivity contribution is 6.60. The molecule has 1 aliphatic heterocycles. The van der Waals surface area contributed by atoms with E-state index in [-0.39, 0.29) is 0 Å². The third kappa shape index (κ3) is 8.90. The number of unbranched alkanes of at least 4 members (excludes halogenated alkanes) is 3. The standard InChI is InChI=1S/C15H32O5Si/c1-4-18-21(19-5-2,20-6-3)12-10-8-7-9-11-16-13-15-14-17-15/h15H,4-14H2,1-3H3. The van der Waals surface area contributed by atoms with Crippen LogP contribution in [0.15, 0.2) is 0 Å². The van der Waals surface area contributed by atoms with E-state index in [4.69, 9.17) is 22.8 Å². The second-order valence-electron chi connectivity index (χ2n) is 5.18. The zero-order valence-electron chi connectivity index (χ0n) is 13.9. The van der Waals surface area contributed by atoms with Crippen molar-refractivity contribution < 1.29 is 22.8 Å². The fourth-order valence-corrected chi connectivity index (χ4v) is 4.96. The maximum Gasteiger partial charge on any atom is 0.500 e. The van der Waals surface area contributed by atoms with Crippen LogP contribution in [0.4, 0.5) is 0 Å². The molecule has 1 rings (SSSR count). The van der Waals surface area contributed by atoms with Crippen molar-refractivity contribution in [2.45, 2.75) is 58.6 Å². The second-order valence-corrected chi connectivity index (χ2v) is 7.91. The Morgan fingerprint density at radius 2 is 1.48 bits per heavy atom. The molecule has 6 heteroatoms. The molecule has 1 fully saturated rings. The molecule has 0 aromatic carbocycles. The summed E-state index contributed by atoms with van der Waals surface area (Å²) in [4.78, 5) is 0. The molecule has 0 aromatic heterocycles. The topological polar surface area (TPSA) is 49.5 Å². The summed E-state index contributed by atoms with van der Waals surface area (Å²) in [5.41, 5.74) is 0. The molecule has 1 aliphatic rings. The third-order valence-corrected chi connectivity index (χ3v) is 6.47. The lowest BCUT2D eigenvalue weighted by Crippen LogP contribution is -2.45. The summed E-state index contributed by atoms with van der Waals surface area (Å²) in [5.74, 6) is 0.